The van der Waals surface area contributed by atoms with Crippen molar-refractivity contribution in [2.45, 2.75) is 6.54 Å². The molecule has 0 atom stereocenters. The number of hydrogen-bond donors (Lipinski definition) is 1. The van der Waals surface area contributed by atoms with Gasteiger partial charge in [-0.05, 0) is 23.8 Å². The van der Waals surface area contributed by atoms with Gasteiger partial charge in [-0.3, -0.25) is 14.9 Å². The van der Waals surface area contributed by atoms with Crippen LogP contribution < -0.4 is 5.32 Å². The summed E-state index contributed by atoms with van der Waals surface area (Å²) in [7, 11) is 3.06. The molecule has 0 fully saturated rings. The minimum Gasteiger partial charge on any atom is -0.452 e. The van der Waals surface area contributed by atoms with Crippen molar-refractivity contribution in [2.75, 3.05) is 26.0 Å². The van der Waals surface area contributed by atoms with E-state index in [-0.39, 0.29) is 23.5 Å². The van der Waals surface area contributed by atoms with Crippen LogP contribution in [0.15, 0.2) is 42.5 Å². The van der Waals surface area contributed by atoms with Gasteiger partial charge in [-0.25, -0.2) is 4.79 Å². The van der Waals surface area contributed by atoms with Crippen LogP contribution in [0.25, 0.3) is 0 Å². The van der Waals surface area contributed by atoms with Crippen molar-refractivity contribution in [1.82, 2.24) is 4.90 Å². The summed E-state index contributed by atoms with van der Waals surface area (Å²) in [6, 6.07) is 11.0. The molecule has 1 amide bonds. The topological polar surface area (TPSA) is 102 Å². The van der Waals surface area contributed by atoms with Crippen molar-refractivity contribution in [1.29, 1.82) is 0 Å². The Morgan fingerprint density at radius 2 is 1.93 bits per heavy atom. The fourth-order valence-electron chi connectivity index (χ4n) is 2.13. The molecule has 2 rings (SSSR count). The minimum atomic E-state index is -0.814. The van der Waals surface area contributed by atoms with Gasteiger partial charge in [-0.15, -0.1) is 0 Å². The number of nitrogens with one attached hydrogen (secondary N) is 1. The maximum atomic E-state index is 12.0. The lowest BCUT2D eigenvalue weighted by atomic mass is 10.1. The summed E-state index contributed by atoms with van der Waals surface area (Å²) >= 11 is 6.08. The first kappa shape index (κ1) is 20.2. The second-order valence-electron chi connectivity index (χ2n) is 5.80. The lowest BCUT2D eigenvalue weighted by Crippen LogP contribution is -2.27. The fourth-order valence-corrected chi connectivity index (χ4v) is 2.33. The van der Waals surface area contributed by atoms with E-state index in [4.69, 9.17) is 16.3 Å². The molecule has 1 N–H and O–H groups in total. The molecule has 142 valence electrons. The van der Waals surface area contributed by atoms with Gasteiger partial charge in [0.1, 0.15) is 5.69 Å². The number of ether oxygens (including phenoxy) is 1. The molecular weight excluding hydrogens is 374 g/mol. The third-order valence-corrected chi connectivity index (χ3v) is 4.05. The molecule has 27 heavy (non-hydrogen) atoms. The number of nitrogens with zero attached hydrogens (tertiary/aromatic N) is 2. The minimum absolute atomic E-state index is 0.0171. The Balaban J connectivity index is 2.14. The highest BCUT2D eigenvalue weighted by Crippen LogP contribution is 2.27. The van der Waals surface area contributed by atoms with Crippen LogP contribution in [0.3, 0.4) is 0 Å². The average Bonchev–Trinajstić information content (AvgIpc) is 2.64. The maximum Gasteiger partial charge on any atom is 0.338 e. The molecule has 0 spiro atoms. The smallest absolute Gasteiger partial charge is 0.338 e. The standard InChI is InChI=1S/C18H18ClN3O5/c1-21(2)17(23)11-27-18(24)12-7-8-15(16(9-12)22(25)26)20-10-13-5-3-4-6-14(13)19/h3-9,20H,10-11H2,1-2H3. The molecule has 0 unspecified atom stereocenters. The van der Waals surface area contributed by atoms with E-state index in [2.05, 4.69) is 5.32 Å². The molecule has 0 aliphatic rings. The van der Waals surface area contributed by atoms with Gasteiger partial charge < -0.3 is 15.0 Å². The van der Waals surface area contributed by atoms with E-state index in [9.17, 15) is 19.7 Å². The number of carbonyl (C=O) groups is 2. The number of hydrogen-bond acceptors (Lipinski definition) is 6. The Hall–Kier alpha value is -3.13. The van der Waals surface area contributed by atoms with Crippen molar-refractivity contribution in [3.63, 3.8) is 0 Å². The molecule has 0 heterocycles. The molecule has 0 saturated heterocycles. The number of nitro benzene ring substituents is 1. The first-order valence-electron chi connectivity index (χ1n) is 7.92. The zero-order chi connectivity index (χ0) is 20.0. The summed E-state index contributed by atoms with van der Waals surface area (Å²) in [6.45, 7) is -0.159. The van der Waals surface area contributed by atoms with E-state index >= 15 is 0 Å². The highest BCUT2D eigenvalue weighted by Gasteiger charge is 2.19. The Morgan fingerprint density at radius 1 is 1.22 bits per heavy atom. The van der Waals surface area contributed by atoms with E-state index in [0.717, 1.165) is 11.6 Å². The van der Waals surface area contributed by atoms with Crippen LogP contribution in [-0.2, 0) is 16.1 Å². The number of likely N-dealkylation sites (N-methyl/N-ethyl adjacent to an activating group) is 1. The third kappa shape index (κ3) is 5.42. The third-order valence-electron chi connectivity index (χ3n) is 3.68. The van der Waals surface area contributed by atoms with Gasteiger partial charge in [0.2, 0.25) is 0 Å². The molecule has 9 heteroatoms. The van der Waals surface area contributed by atoms with Gasteiger partial charge >= 0.3 is 5.97 Å². The number of esters is 1. The van der Waals surface area contributed by atoms with Gasteiger partial charge in [0.15, 0.2) is 6.61 Å². The second-order valence-corrected chi connectivity index (χ2v) is 6.21. The predicted molar refractivity (Wildman–Crippen MR) is 101 cm³/mol. The molecule has 0 aromatic heterocycles. The first-order valence-corrected chi connectivity index (χ1v) is 8.30. The normalized spacial score (nSPS) is 10.2. The number of carbonyl (C=O) groups excluding carboxylic acids is 2. The summed E-state index contributed by atoms with van der Waals surface area (Å²) in [5.41, 5.74) is 0.715. The molecule has 0 aliphatic carbocycles. The molecule has 0 bridgehead atoms. The highest BCUT2D eigenvalue weighted by molar-refractivity contribution is 6.31. The van der Waals surface area contributed by atoms with Crippen molar-refractivity contribution < 1.29 is 19.2 Å². The Morgan fingerprint density at radius 3 is 2.56 bits per heavy atom. The zero-order valence-corrected chi connectivity index (χ0v) is 15.5. The number of nitro groups is 1. The van der Waals surface area contributed by atoms with Crippen LogP contribution in [0.1, 0.15) is 15.9 Å². The molecule has 8 nitrogen and oxygen atoms in total. The summed E-state index contributed by atoms with van der Waals surface area (Å²) in [5.74, 6) is -1.21. The van der Waals surface area contributed by atoms with Crippen LogP contribution in [0.5, 0.6) is 0 Å². The van der Waals surface area contributed by atoms with Gasteiger partial charge in [0.05, 0.1) is 10.5 Å². The monoisotopic (exact) mass is 391 g/mol. The summed E-state index contributed by atoms with van der Waals surface area (Å²) < 4.78 is 4.88. The van der Waals surface area contributed by atoms with E-state index in [1.54, 1.807) is 18.2 Å². The summed E-state index contributed by atoms with van der Waals surface area (Å²) in [5, 5.41) is 14.8. The van der Waals surface area contributed by atoms with Gasteiger partial charge in [0.25, 0.3) is 11.6 Å². The van der Waals surface area contributed by atoms with E-state index in [1.807, 2.05) is 6.07 Å². The zero-order valence-electron chi connectivity index (χ0n) is 14.8. The molecule has 2 aromatic carbocycles. The van der Waals surface area contributed by atoms with Crippen molar-refractivity contribution >= 4 is 34.9 Å². The van der Waals surface area contributed by atoms with Gasteiger partial charge in [-0.1, -0.05) is 29.8 Å². The second kappa shape index (κ2) is 9.00. The summed E-state index contributed by atoms with van der Waals surface area (Å²) in [4.78, 5) is 35.5. The van der Waals surface area contributed by atoms with E-state index in [1.165, 1.54) is 31.1 Å². The van der Waals surface area contributed by atoms with Crippen LogP contribution in [0, 0.1) is 10.1 Å². The lowest BCUT2D eigenvalue weighted by Gasteiger charge is -2.11. The number of rotatable bonds is 7. The first-order chi connectivity index (χ1) is 12.8. The Kier molecular flexibility index (Phi) is 6.73. The SMILES string of the molecule is CN(C)C(=O)COC(=O)c1ccc(NCc2ccccc2Cl)c([N+](=O)[O-])c1. The molecule has 0 radical (unpaired) electrons. The highest BCUT2D eigenvalue weighted by atomic mass is 35.5. The average molecular weight is 392 g/mol. The van der Waals surface area contributed by atoms with Crippen molar-refractivity contribution in [3.8, 4) is 0 Å². The Bertz CT molecular complexity index is 870. The number of anilines is 1. The molecule has 0 saturated carbocycles. The largest absolute Gasteiger partial charge is 0.452 e. The van der Waals surface area contributed by atoms with Crippen molar-refractivity contribution in [3.05, 3.63) is 68.7 Å². The number of amides is 1. The number of benzene rings is 2. The molecular formula is C18H18ClN3O5. The van der Waals surface area contributed by atoms with Crippen molar-refractivity contribution in [2.24, 2.45) is 0 Å². The summed E-state index contributed by atoms with van der Waals surface area (Å²) in [6.07, 6.45) is 0. The fraction of sp³-hybridized carbons (Fsp3) is 0.222. The van der Waals surface area contributed by atoms with Gasteiger partial charge in [-0.2, -0.15) is 0 Å². The maximum absolute atomic E-state index is 12.0. The Labute approximate surface area is 160 Å². The van der Waals surface area contributed by atoms with Crippen LogP contribution in [0.2, 0.25) is 5.02 Å². The lowest BCUT2D eigenvalue weighted by molar-refractivity contribution is -0.384. The molecule has 2 aromatic rings. The predicted octanol–water partition coefficient (Wildman–Crippen LogP) is 3.11. The number of halogens is 1. The molecule has 0 aliphatic heterocycles. The van der Waals surface area contributed by atoms with Crippen LogP contribution in [-0.4, -0.2) is 42.4 Å². The van der Waals surface area contributed by atoms with E-state index < -0.39 is 23.4 Å². The van der Waals surface area contributed by atoms with Crippen LogP contribution in [0.4, 0.5) is 11.4 Å². The quantitative estimate of drug-likeness (QED) is 0.442. The van der Waals surface area contributed by atoms with E-state index in [0.29, 0.717) is 5.02 Å². The van der Waals surface area contributed by atoms with Gasteiger partial charge in [0, 0.05) is 31.7 Å². The van der Waals surface area contributed by atoms with Crippen LogP contribution >= 0.6 is 11.6 Å².